The van der Waals surface area contributed by atoms with Crippen molar-refractivity contribution in [2.45, 2.75) is 12.5 Å². The van der Waals surface area contributed by atoms with Gasteiger partial charge in [0, 0.05) is 0 Å². The van der Waals surface area contributed by atoms with Crippen molar-refractivity contribution in [3.05, 3.63) is 0 Å². The number of carbonyl (C=O) groups is 2. The van der Waals surface area contributed by atoms with Crippen LogP contribution < -0.4 is 28.2 Å². The molecule has 0 aromatic heterocycles. The van der Waals surface area contributed by atoms with Crippen molar-refractivity contribution >= 4 is 11.9 Å². The Hall–Kier alpha value is -0.660. The van der Waals surface area contributed by atoms with Crippen molar-refractivity contribution in [3.63, 3.8) is 0 Å². The van der Waals surface area contributed by atoms with Crippen LogP contribution in [0.5, 0.6) is 0 Å². The molecule has 0 saturated carbocycles. The van der Waals surface area contributed by atoms with Gasteiger partial charge in [0.25, 0.3) is 0 Å². The molecule has 1 unspecified atom stereocenters. The predicted molar refractivity (Wildman–Crippen MR) is 29.7 cm³/mol. The molecule has 0 bridgehead atoms. The van der Waals surface area contributed by atoms with Gasteiger partial charge >= 0.3 is 11.9 Å². The van der Waals surface area contributed by atoms with Gasteiger partial charge in [-0.25, -0.2) is 0 Å². The number of halogens is 1. The zero-order chi connectivity index (χ0) is 8.15. The highest BCUT2D eigenvalue weighted by Crippen LogP contribution is 1.88. The number of carboxylic acid groups (broad SMARTS) is 2. The summed E-state index contributed by atoms with van der Waals surface area (Å²) < 4.78 is 0. The maximum Gasteiger partial charge on any atom is 0.326 e. The van der Waals surface area contributed by atoms with Crippen LogP contribution in [-0.2, 0) is 9.59 Å². The molecule has 0 aliphatic carbocycles. The lowest BCUT2D eigenvalue weighted by Gasteiger charge is -2.03. The molecule has 0 aromatic carbocycles. The van der Waals surface area contributed by atoms with Crippen LogP contribution in [-0.4, -0.2) is 28.2 Å². The average Bonchev–Trinajstić information content (AvgIpc) is 1.81. The number of hydrogen-bond acceptors (Lipinski definition) is 3. The fraction of sp³-hybridized carbons (Fsp3) is 0.500. The second-order valence-corrected chi connectivity index (χ2v) is 1.69. The van der Waals surface area contributed by atoms with E-state index < -0.39 is 24.4 Å². The van der Waals surface area contributed by atoms with E-state index in [-0.39, 0.29) is 17.0 Å². The molecule has 1 atom stereocenters. The Morgan fingerprint density at radius 2 is 1.91 bits per heavy atom. The van der Waals surface area contributed by atoms with Crippen molar-refractivity contribution in [1.29, 1.82) is 0 Å². The molecular weight excluding hydrogens is 220 g/mol. The molecule has 7 heteroatoms. The van der Waals surface area contributed by atoms with Gasteiger partial charge in [-0.15, -0.1) is 0 Å². The van der Waals surface area contributed by atoms with E-state index in [2.05, 4.69) is 11.3 Å². The quantitative estimate of drug-likeness (QED) is 0.359. The standard InChI is InChI=1S/C4H8N2O4.BrH/c5-6-2(4(9)10)1-3(7)8;/h2,6H,1,5H2,(H,7,8)(H,9,10);1H. The molecule has 0 radical (unpaired) electrons. The third-order valence-electron chi connectivity index (χ3n) is 0.923. The largest absolute Gasteiger partial charge is 1.00 e. The highest BCUT2D eigenvalue weighted by molar-refractivity contribution is 5.80. The van der Waals surface area contributed by atoms with Gasteiger partial charge < -0.3 is 27.2 Å². The van der Waals surface area contributed by atoms with Crippen LogP contribution in [0.25, 0.3) is 0 Å². The summed E-state index contributed by atoms with van der Waals surface area (Å²) in [5.41, 5.74) is 2.10. The van der Waals surface area contributed by atoms with Crippen molar-refractivity contribution in [1.82, 2.24) is 5.43 Å². The summed E-state index contributed by atoms with van der Waals surface area (Å²) in [6, 6.07) is -1.10. The number of hydrogen-bond donors (Lipinski definition) is 4. The minimum absolute atomic E-state index is 0. The number of rotatable bonds is 4. The first-order valence-electron chi connectivity index (χ1n) is 2.55. The highest BCUT2D eigenvalue weighted by Gasteiger charge is 2.20. The van der Waals surface area contributed by atoms with Gasteiger partial charge in [0.1, 0.15) is 0 Å². The fourth-order valence-electron chi connectivity index (χ4n) is 0.421. The Morgan fingerprint density at radius 1 is 1.45 bits per heavy atom. The van der Waals surface area contributed by atoms with Gasteiger partial charge in [-0.1, -0.05) is 0 Å². The van der Waals surface area contributed by atoms with Crippen LogP contribution >= 0.6 is 0 Å². The number of aliphatic carboxylic acids is 2. The minimum Gasteiger partial charge on any atom is -1.00 e. The number of nitrogens with one attached hydrogen (secondary N) is 1. The summed E-state index contributed by atoms with van der Waals surface area (Å²) in [4.78, 5) is 20.0. The summed E-state index contributed by atoms with van der Waals surface area (Å²) in [5.74, 6) is 0.692. The zero-order valence-electron chi connectivity index (χ0n) is 5.58. The SMILES string of the molecule is [Br-].[NH3+]NC(CC(=O)O)C(=O)O. The van der Waals surface area contributed by atoms with Crippen LogP contribution in [0.3, 0.4) is 0 Å². The fourth-order valence-corrected chi connectivity index (χ4v) is 0.421. The molecule has 66 valence electrons. The van der Waals surface area contributed by atoms with E-state index in [0.29, 0.717) is 0 Å². The van der Waals surface area contributed by atoms with Crippen LogP contribution in [0, 0.1) is 0 Å². The van der Waals surface area contributed by atoms with Gasteiger partial charge in [-0.05, 0) is 0 Å². The molecular formula is C4H9BrN2O4. The van der Waals surface area contributed by atoms with Crippen LogP contribution in [0.2, 0.25) is 0 Å². The van der Waals surface area contributed by atoms with E-state index in [4.69, 9.17) is 10.2 Å². The van der Waals surface area contributed by atoms with E-state index in [0.717, 1.165) is 0 Å². The summed E-state index contributed by atoms with van der Waals surface area (Å²) in [6.07, 6.45) is -0.459. The topological polar surface area (TPSA) is 114 Å². The maximum atomic E-state index is 10.1. The second-order valence-electron chi connectivity index (χ2n) is 1.69. The molecule has 0 amide bonds. The van der Waals surface area contributed by atoms with Gasteiger partial charge in [-0.3, -0.25) is 15.4 Å². The van der Waals surface area contributed by atoms with Crippen molar-refractivity contribution in [2.75, 3.05) is 0 Å². The van der Waals surface area contributed by atoms with Gasteiger partial charge in [0.2, 0.25) is 0 Å². The normalized spacial score (nSPS) is 11.4. The van der Waals surface area contributed by atoms with Gasteiger partial charge in [-0.2, -0.15) is 5.43 Å². The summed E-state index contributed by atoms with van der Waals surface area (Å²) in [6.45, 7) is 0. The van der Waals surface area contributed by atoms with Crippen molar-refractivity contribution < 1.29 is 42.6 Å². The van der Waals surface area contributed by atoms with E-state index >= 15 is 0 Å². The monoisotopic (exact) mass is 228 g/mol. The highest BCUT2D eigenvalue weighted by atomic mass is 79.9. The van der Waals surface area contributed by atoms with E-state index in [1.165, 1.54) is 0 Å². The first-order valence-corrected chi connectivity index (χ1v) is 2.55. The van der Waals surface area contributed by atoms with Crippen LogP contribution in [0.15, 0.2) is 0 Å². The van der Waals surface area contributed by atoms with Crippen molar-refractivity contribution in [3.8, 4) is 0 Å². The molecule has 6 nitrogen and oxygen atoms in total. The lowest BCUT2D eigenvalue weighted by Crippen LogP contribution is -3.00. The molecule has 0 aliphatic rings. The molecule has 0 aliphatic heterocycles. The number of carboxylic acids is 2. The first kappa shape index (κ1) is 13.0. The molecule has 11 heavy (non-hydrogen) atoms. The zero-order valence-corrected chi connectivity index (χ0v) is 7.17. The number of quaternary nitrogens is 1. The Labute approximate surface area is 73.1 Å². The third-order valence-corrected chi connectivity index (χ3v) is 0.923. The Balaban J connectivity index is 0. The Morgan fingerprint density at radius 3 is 2.00 bits per heavy atom. The molecule has 6 N–H and O–H groups in total. The molecule has 0 aromatic rings. The lowest BCUT2D eigenvalue weighted by molar-refractivity contribution is -0.449. The Kier molecular flexibility index (Phi) is 7.16. The van der Waals surface area contributed by atoms with Crippen LogP contribution in [0.1, 0.15) is 6.42 Å². The maximum absolute atomic E-state index is 10.1. The Bertz CT molecular complexity index is 151. The lowest BCUT2D eigenvalue weighted by atomic mass is 10.2. The average molecular weight is 229 g/mol. The van der Waals surface area contributed by atoms with Gasteiger partial charge in [0.05, 0.1) is 6.42 Å². The summed E-state index contributed by atoms with van der Waals surface area (Å²) >= 11 is 0. The molecule has 0 spiro atoms. The smallest absolute Gasteiger partial charge is 0.326 e. The molecule has 0 saturated heterocycles. The predicted octanol–water partition coefficient (Wildman–Crippen LogP) is -5.34. The first-order chi connectivity index (χ1) is 4.57. The second kappa shape index (κ2) is 6.08. The minimum atomic E-state index is -1.21. The van der Waals surface area contributed by atoms with Gasteiger partial charge in [0.15, 0.2) is 6.04 Å². The molecule has 0 heterocycles. The summed E-state index contributed by atoms with van der Waals surface area (Å²) in [5, 5.41) is 16.4. The van der Waals surface area contributed by atoms with E-state index in [9.17, 15) is 9.59 Å². The van der Waals surface area contributed by atoms with E-state index in [1.54, 1.807) is 0 Å². The van der Waals surface area contributed by atoms with Crippen molar-refractivity contribution in [2.24, 2.45) is 0 Å². The van der Waals surface area contributed by atoms with E-state index in [1.807, 2.05) is 0 Å². The molecule has 0 fully saturated rings. The van der Waals surface area contributed by atoms with Crippen LogP contribution in [0.4, 0.5) is 0 Å². The third kappa shape index (κ3) is 5.77. The summed E-state index contributed by atoms with van der Waals surface area (Å²) in [7, 11) is 0. The molecule has 0 rings (SSSR count).